The van der Waals surface area contributed by atoms with Crippen molar-refractivity contribution in [2.75, 3.05) is 13.7 Å². The number of esters is 2. The predicted octanol–water partition coefficient (Wildman–Crippen LogP) is -0.122. The van der Waals surface area contributed by atoms with Gasteiger partial charge in [0.05, 0.1) is 13.1 Å². The lowest BCUT2D eigenvalue weighted by molar-refractivity contribution is -0.720. The van der Waals surface area contributed by atoms with Gasteiger partial charge in [0, 0.05) is 0 Å². The summed E-state index contributed by atoms with van der Waals surface area (Å²) in [6, 6.07) is 24.9. The molecular formula is C44H59BN6O12. The van der Waals surface area contributed by atoms with Crippen LogP contribution in [0, 0.1) is 0 Å². The lowest BCUT2D eigenvalue weighted by Crippen LogP contribution is -2.97. The SMILES string of the molecule is CO[B-]1(c2ccccc2C[NH2+]C(C)(C)C(=O)NC(C)(C)C(=O)NC(C)(C)C(=O)NC(C)(C)C(=O)NCC(N)=O)O[C@H](C(=O)OCc2ccccc2)[C@@H](C(=O)OCc2ccccc2)O1. The van der Waals surface area contributed by atoms with Crippen molar-refractivity contribution in [3.8, 4) is 0 Å². The first-order valence-corrected chi connectivity index (χ1v) is 20.4. The molecule has 1 saturated heterocycles. The number of hydrogen-bond donors (Lipinski definition) is 6. The number of quaternary nitrogens is 1. The van der Waals surface area contributed by atoms with Crippen LogP contribution in [0.25, 0.3) is 0 Å². The van der Waals surface area contributed by atoms with Crippen LogP contribution < -0.4 is 37.8 Å². The van der Waals surface area contributed by atoms with Gasteiger partial charge < -0.3 is 55.8 Å². The molecule has 2 atom stereocenters. The van der Waals surface area contributed by atoms with Crippen molar-refractivity contribution in [2.45, 2.75) is 110 Å². The first kappa shape index (κ1) is 49.5. The summed E-state index contributed by atoms with van der Waals surface area (Å²) in [5.41, 5.74) is 1.70. The van der Waals surface area contributed by atoms with Crippen LogP contribution in [0.15, 0.2) is 84.9 Å². The van der Waals surface area contributed by atoms with E-state index in [0.717, 1.165) is 0 Å². The molecule has 19 heteroatoms. The van der Waals surface area contributed by atoms with E-state index in [-0.39, 0.29) is 19.8 Å². The van der Waals surface area contributed by atoms with Gasteiger partial charge in [-0.2, -0.15) is 0 Å². The molecule has 4 rings (SSSR count). The quantitative estimate of drug-likeness (QED) is 0.0642. The van der Waals surface area contributed by atoms with Crippen molar-refractivity contribution in [3.63, 3.8) is 0 Å². The van der Waals surface area contributed by atoms with E-state index in [0.29, 0.717) is 22.2 Å². The second-order valence-corrected chi connectivity index (χ2v) is 17.4. The molecule has 0 unspecified atom stereocenters. The Morgan fingerprint density at radius 3 is 1.48 bits per heavy atom. The van der Waals surface area contributed by atoms with E-state index in [1.165, 1.54) is 48.7 Å². The number of rotatable bonds is 20. The zero-order valence-corrected chi connectivity index (χ0v) is 37.2. The summed E-state index contributed by atoms with van der Waals surface area (Å²) in [6.45, 7) is 8.50. The molecule has 18 nitrogen and oxygen atoms in total. The molecule has 3 aromatic rings. The van der Waals surface area contributed by atoms with Crippen molar-refractivity contribution < 1.29 is 62.3 Å². The summed E-state index contributed by atoms with van der Waals surface area (Å²) in [4.78, 5) is 91.7. The molecule has 340 valence electrons. The second kappa shape index (κ2) is 20.4. The Morgan fingerprint density at radius 1 is 0.619 bits per heavy atom. The fourth-order valence-corrected chi connectivity index (χ4v) is 6.33. The van der Waals surface area contributed by atoms with Crippen LogP contribution in [0.1, 0.15) is 72.1 Å². The average Bonchev–Trinajstić information content (AvgIpc) is 3.65. The number of carbonyl (C=O) groups is 7. The number of carbonyl (C=O) groups excluding carboxylic acids is 7. The van der Waals surface area contributed by atoms with Crippen LogP contribution in [-0.4, -0.2) is 96.2 Å². The molecule has 1 heterocycles. The molecule has 0 spiro atoms. The lowest BCUT2D eigenvalue weighted by atomic mass is 9.67. The van der Waals surface area contributed by atoms with E-state index < -0.39 is 89.1 Å². The van der Waals surface area contributed by atoms with E-state index in [9.17, 15) is 33.6 Å². The molecule has 8 N–H and O–H groups in total. The van der Waals surface area contributed by atoms with Gasteiger partial charge >= 0.3 is 18.7 Å². The Morgan fingerprint density at radius 2 is 1.03 bits per heavy atom. The molecule has 0 saturated carbocycles. The molecule has 63 heavy (non-hydrogen) atoms. The van der Waals surface area contributed by atoms with Gasteiger partial charge in [0.25, 0.3) is 5.91 Å². The Labute approximate surface area is 367 Å². The largest absolute Gasteiger partial charge is 0.543 e. The highest BCUT2D eigenvalue weighted by atomic mass is 16.8. The number of amides is 5. The molecule has 0 aliphatic carbocycles. The smallest absolute Gasteiger partial charge is 0.411 e. The Hall–Kier alpha value is -6.15. The number of hydrogen-bond acceptors (Lipinski definition) is 12. The molecule has 5 amide bonds. The minimum atomic E-state index is -2.99. The normalized spacial score (nSPS) is 16.3. The van der Waals surface area contributed by atoms with Crippen LogP contribution in [-0.2, 0) is 76.8 Å². The van der Waals surface area contributed by atoms with Crippen molar-refractivity contribution in [2.24, 2.45) is 5.73 Å². The molecule has 1 aliphatic rings. The molecule has 0 bridgehead atoms. The minimum Gasteiger partial charge on any atom is -0.543 e. The van der Waals surface area contributed by atoms with E-state index in [4.69, 9.17) is 29.2 Å². The molecule has 0 radical (unpaired) electrons. The van der Waals surface area contributed by atoms with Crippen LogP contribution in [0.2, 0.25) is 0 Å². The Bertz CT molecular complexity index is 2090. The second-order valence-electron chi connectivity index (χ2n) is 17.4. The van der Waals surface area contributed by atoms with Gasteiger partial charge in [-0.3, -0.25) is 24.0 Å². The van der Waals surface area contributed by atoms with Gasteiger partial charge in [0.1, 0.15) is 42.0 Å². The van der Waals surface area contributed by atoms with E-state index >= 15 is 0 Å². The first-order valence-electron chi connectivity index (χ1n) is 20.4. The summed E-state index contributed by atoms with van der Waals surface area (Å²) in [5.74, 6) is -5.09. The van der Waals surface area contributed by atoms with Gasteiger partial charge in [0.2, 0.25) is 23.6 Å². The third-order valence-corrected chi connectivity index (χ3v) is 10.4. The summed E-state index contributed by atoms with van der Waals surface area (Å²) in [6.07, 6.45) is -3.14. The molecule has 1 fully saturated rings. The van der Waals surface area contributed by atoms with E-state index in [1.807, 2.05) is 12.1 Å². The van der Waals surface area contributed by atoms with E-state index in [1.54, 1.807) is 92.0 Å². The van der Waals surface area contributed by atoms with Crippen molar-refractivity contribution in [1.82, 2.24) is 21.3 Å². The Balaban J connectivity index is 1.48. The van der Waals surface area contributed by atoms with Crippen molar-refractivity contribution in [1.29, 1.82) is 0 Å². The Kier molecular flexibility index (Phi) is 16.0. The monoisotopic (exact) mass is 874 g/mol. The maximum absolute atomic E-state index is 13.9. The van der Waals surface area contributed by atoms with Crippen LogP contribution in [0.4, 0.5) is 0 Å². The van der Waals surface area contributed by atoms with Crippen molar-refractivity contribution >= 4 is 53.7 Å². The summed E-state index contributed by atoms with van der Waals surface area (Å²) >= 11 is 0. The van der Waals surface area contributed by atoms with Gasteiger partial charge in [0.15, 0.2) is 5.54 Å². The van der Waals surface area contributed by atoms with Gasteiger partial charge in [-0.05, 0) is 79.2 Å². The zero-order valence-electron chi connectivity index (χ0n) is 37.2. The van der Waals surface area contributed by atoms with Gasteiger partial charge in [-0.15, -0.1) is 5.46 Å². The molecule has 3 aromatic carbocycles. The summed E-state index contributed by atoms with van der Waals surface area (Å²) < 4.78 is 29.7. The highest BCUT2D eigenvalue weighted by Gasteiger charge is 2.53. The third-order valence-electron chi connectivity index (χ3n) is 10.4. The zero-order chi connectivity index (χ0) is 46.8. The molecular weight excluding hydrogens is 815 g/mol. The number of nitrogens with one attached hydrogen (secondary N) is 4. The highest BCUT2D eigenvalue weighted by Crippen LogP contribution is 2.29. The van der Waals surface area contributed by atoms with Crippen LogP contribution in [0.3, 0.4) is 0 Å². The molecule has 0 aromatic heterocycles. The van der Waals surface area contributed by atoms with E-state index in [2.05, 4.69) is 21.3 Å². The maximum atomic E-state index is 13.9. The average molecular weight is 875 g/mol. The third kappa shape index (κ3) is 12.9. The highest BCUT2D eigenvalue weighted by molar-refractivity contribution is 6.76. The fourth-order valence-electron chi connectivity index (χ4n) is 6.33. The fraction of sp³-hybridized carbons (Fsp3) is 0.432. The van der Waals surface area contributed by atoms with Crippen LogP contribution in [0.5, 0.6) is 0 Å². The number of ether oxygens (including phenoxy) is 2. The predicted molar refractivity (Wildman–Crippen MR) is 230 cm³/mol. The lowest BCUT2D eigenvalue weighted by Gasteiger charge is -2.37. The van der Waals surface area contributed by atoms with Crippen molar-refractivity contribution in [3.05, 3.63) is 102 Å². The molecule has 1 aliphatic heterocycles. The minimum absolute atomic E-state index is 0.0915. The standard InChI is InChI=1S/C44H58BN6O12/c1-41(2,38(56)49-43(5,6)40(58)51-44(7,8)39(57)50-42(3,4)37(55)47-25-32(46)52)48-24-30-22-16-17-23-31(30)45(59-9)62-33(35(53)60-26-28-18-12-10-13-19-28)34(63-45)36(54)61-27-29-20-14-11-15-21-29/h10-23,33-34,48H,24-27H2,1-9H3,(H2,46,52)(H,47,55)(H,49,56)(H,50,57)(H,51,58)/q-1/p+1/t33-,34-/m0/s1. The van der Waals surface area contributed by atoms with Crippen LogP contribution >= 0.6 is 0 Å². The number of primary amides is 1. The summed E-state index contributed by atoms with van der Waals surface area (Å²) in [5, 5.41) is 12.0. The summed E-state index contributed by atoms with van der Waals surface area (Å²) in [7, 11) is 1.32. The van der Waals surface area contributed by atoms with Gasteiger partial charge in [-0.1, -0.05) is 84.9 Å². The number of benzene rings is 3. The van der Waals surface area contributed by atoms with Gasteiger partial charge in [-0.25, -0.2) is 9.59 Å². The number of nitrogens with two attached hydrogens (primary N) is 2. The topological polar surface area (TPSA) is 256 Å². The first-order chi connectivity index (χ1) is 29.4. The maximum Gasteiger partial charge on any atom is 0.411 e.